The number of hydrogen-bond donors (Lipinski definition) is 1. The normalized spacial score (nSPS) is 31.1. The van der Waals surface area contributed by atoms with Crippen LogP contribution in [0.15, 0.2) is 49.1 Å². The quantitative estimate of drug-likeness (QED) is 0.463. The molecule has 2 aromatic carbocycles. The third-order valence-corrected chi connectivity index (χ3v) is 10.2. The Morgan fingerprint density at radius 2 is 2.08 bits per heavy atom. The van der Waals surface area contributed by atoms with Crippen molar-refractivity contribution in [3.63, 3.8) is 0 Å². The number of carbonyl (C=O) groups is 1. The molecule has 2 heterocycles. The first-order valence-corrected chi connectivity index (χ1v) is 14.5. The molecule has 5 atom stereocenters. The van der Waals surface area contributed by atoms with Crippen molar-refractivity contribution in [1.82, 2.24) is 9.80 Å². The molecule has 4 aliphatic rings. The summed E-state index contributed by atoms with van der Waals surface area (Å²) in [6.07, 6.45) is 4.84. The number of nitrogens with zero attached hydrogens (tertiary/aromatic N) is 2. The Balaban J connectivity index is 1.40. The van der Waals surface area contributed by atoms with E-state index in [1.165, 1.54) is 11.1 Å². The minimum atomic E-state index is -0.911. The van der Waals surface area contributed by atoms with Crippen LogP contribution in [0.2, 0.25) is 10.0 Å². The van der Waals surface area contributed by atoms with E-state index in [1.54, 1.807) is 12.1 Å². The number of benzene rings is 2. The predicted molar refractivity (Wildman–Crippen MR) is 151 cm³/mol. The highest BCUT2D eigenvalue weighted by Gasteiger charge is 2.73. The first kappa shape index (κ1) is 26.2. The molecular formula is C31H36Cl2N2O3. The molecule has 1 amide bonds. The third-order valence-electron chi connectivity index (χ3n) is 9.43. The van der Waals surface area contributed by atoms with Crippen LogP contribution in [0.4, 0.5) is 0 Å². The summed E-state index contributed by atoms with van der Waals surface area (Å²) in [6, 6.07) is 11.6. The van der Waals surface area contributed by atoms with Gasteiger partial charge in [-0.2, -0.15) is 0 Å². The van der Waals surface area contributed by atoms with Crippen LogP contribution in [0.25, 0.3) is 0 Å². The average molecular weight is 556 g/mol. The molecule has 1 saturated carbocycles. The number of ether oxygens (including phenoxy) is 1. The summed E-state index contributed by atoms with van der Waals surface area (Å²) in [6.45, 7) is 10.5. The van der Waals surface area contributed by atoms with Crippen molar-refractivity contribution in [2.24, 2.45) is 5.92 Å². The van der Waals surface area contributed by atoms with E-state index in [0.717, 1.165) is 37.2 Å². The number of amides is 1. The van der Waals surface area contributed by atoms with Gasteiger partial charge in [0.25, 0.3) is 0 Å². The lowest BCUT2D eigenvalue weighted by Gasteiger charge is -2.64. The third kappa shape index (κ3) is 3.76. The minimum Gasteiger partial charge on any atom is -0.487 e. The van der Waals surface area contributed by atoms with Crippen molar-refractivity contribution in [3.05, 3.63) is 75.8 Å². The maximum atomic E-state index is 14.0. The lowest BCUT2D eigenvalue weighted by atomic mass is 9.48. The molecule has 202 valence electrons. The van der Waals surface area contributed by atoms with Gasteiger partial charge in [0.2, 0.25) is 5.91 Å². The fraction of sp³-hybridized carbons (Fsp3) is 0.516. The smallest absolute Gasteiger partial charge is 0.227 e. The summed E-state index contributed by atoms with van der Waals surface area (Å²) in [5, 5.41) is 13.6. The Hall–Kier alpha value is -2.05. The molecule has 2 aromatic rings. The summed E-state index contributed by atoms with van der Waals surface area (Å²) >= 11 is 12.4. The van der Waals surface area contributed by atoms with Crippen molar-refractivity contribution >= 4 is 29.1 Å². The molecular weight excluding hydrogens is 519 g/mol. The maximum absolute atomic E-state index is 14.0. The van der Waals surface area contributed by atoms with Gasteiger partial charge >= 0.3 is 0 Å². The van der Waals surface area contributed by atoms with Crippen LogP contribution < -0.4 is 4.74 Å². The molecule has 0 radical (unpaired) electrons. The van der Waals surface area contributed by atoms with Crippen molar-refractivity contribution < 1.29 is 14.6 Å². The zero-order valence-electron chi connectivity index (χ0n) is 22.1. The van der Waals surface area contributed by atoms with Crippen LogP contribution in [0.3, 0.4) is 0 Å². The van der Waals surface area contributed by atoms with E-state index in [1.807, 2.05) is 23.1 Å². The van der Waals surface area contributed by atoms with E-state index in [9.17, 15) is 9.90 Å². The van der Waals surface area contributed by atoms with E-state index < -0.39 is 11.0 Å². The predicted octanol–water partition coefficient (Wildman–Crippen LogP) is 5.43. The van der Waals surface area contributed by atoms with Crippen molar-refractivity contribution in [2.45, 2.75) is 75.2 Å². The van der Waals surface area contributed by atoms with E-state index in [2.05, 4.69) is 37.5 Å². The Bertz CT molecular complexity index is 1280. The zero-order valence-corrected chi connectivity index (χ0v) is 23.6. The van der Waals surface area contributed by atoms with Crippen molar-refractivity contribution in [2.75, 3.05) is 19.6 Å². The first-order chi connectivity index (χ1) is 18.2. The number of hydrogen-bond acceptors (Lipinski definition) is 4. The Morgan fingerprint density at radius 1 is 1.26 bits per heavy atom. The van der Waals surface area contributed by atoms with Crippen LogP contribution in [-0.2, 0) is 23.1 Å². The van der Waals surface area contributed by atoms with Gasteiger partial charge < -0.3 is 14.7 Å². The van der Waals surface area contributed by atoms with Crippen LogP contribution in [0, 0.1) is 5.92 Å². The summed E-state index contributed by atoms with van der Waals surface area (Å²) < 4.78 is 6.82. The molecule has 2 unspecified atom stereocenters. The standard InChI is InChI=1S/C31H36Cl2N2O3/c1-4-13-34-14-12-30-28-21-6-5-7-25(28)38-29(30)24(10-11-31(30,37)26(34)17-21)35(18-19(2)3)27(36)16-20-8-9-22(32)23(33)15-20/h4-9,15,19,24,26,29,37H,1,10-14,16-18H2,2-3H3/t24?,26-,29?,30+,31-/m1/s1. The Labute approximate surface area is 235 Å². The fourth-order valence-corrected chi connectivity index (χ4v) is 8.34. The van der Waals surface area contributed by atoms with E-state index in [4.69, 9.17) is 27.9 Å². The second-order valence-electron chi connectivity index (χ2n) is 11.9. The summed E-state index contributed by atoms with van der Waals surface area (Å²) in [5.74, 6) is 1.23. The minimum absolute atomic E-state index is 0.00705. The van der Waals surface area contributed by atoms with Crippen LogP contribution in [0.1, 0.15) is 49.8 Å². The molecule has 38 heavy (non-hydrogen) atoms. The number of likely N-dealkylation sites (tertiary alicyclic amines) is 1. The summed E-state index contributed by atoms with van der Waals surface area (Å²) in [7, 11) is 0. The van der Waals surface area contributed by atoms with E-state index >= 15 is 0 Å². The number of halogens is 2. The number of rotatable bonds is 7. The molecule has 2 fully saturated rings. The second kappa shape index (κ2) is 9.55. The Morgan fingerprint density at radius 3 is 2.82 bits per heavy atom. The van der Waals surface area contributed by atoms with E-state index in [-0.39, 0.29) is 30.5 Å². The molecule has 5 nitrogen and oxygen atoms in total. The van der Waals surface area contributed by atoms with Gasteiger partial charge in [0.1, 0.15) is 11.9 Å². The SMILES string of the molecule is C=CCN1CC[C@]23c4c5cccc4OC2C(N(CC(C)C)C(=O)Cc2ccc(Cl)c(Cl)c2)CC[C@@]3(O)[C@H]1C5. The molecule has 1 saturated heterocycles. The van der Waals surface area contributed by atoms with Gasteiger partial charge in [-0.25, -0.2) is 0 Å². The van der Waals surface area contributed by atoms with Gasteiger partial charge in [0.15, 0.2) is 0 Å². The molecule has 2 aliphatic heterocycles. The second-order valence-corrected chi connectivity index (χ2v) is 12.8. The molecule has 1 N–H and O–H groups in total. The molecule has 0 aromatic heterocycles. The van der Waals surface area contributed by atoms with Gasteiger partial charge in [-0.1, -0.05) is 61.3 Å². The highest BCUT2D eigenvalue weighted by molar-refractivity contribution is 6.42. The highest BCUT2D eigenvalue weighted by atomic mass is 35.5. The number of piperidine rings is 1. The topological polar surface area (TPSA) is 53.0 Å². The van der Waals surface area contributed by atoms with Gasteiger partial charge in [-0.3, -0.25) is 9.69 Å². The number of aliphatic hydroxyl groups is 1. The van der Waals surface area contributed by atoms with Crippen molar-refractivity contribution in [3.8, 4) is 5.75 Å². The molecule has 6 rings (SSSR count). The lowest BCUT2D eigenvalue weighted by molar-refractivity contribution is -0.200. The first-order valence-electron chi connectivity index (χ1n) is 13.8. The molecule has 2 bridgehead atoms. The Kier molecular flexibility index (Phi) is 6.58. The van der Waals surface area contributed by atoms with Crippen LogP contribution >= 0.6 is 23.2 Å². The molecule has 2 aliphatic carbocycles. The maximum Gasteiger partial charge on any atom is 0.227 e. The monoisotopic (exact) mass is 554 g/mol. The van der Waals surface area contributed by atoms with Crippen LogP contribution in [0.5, 0.6) is 5.75 Å². The summed E-state index contributed by atoms with van der Waals surface area (Å²) in [4.78, 5) is 18.4. The molecule has 7 heteroatoms. The summed E-state index contributed by atoms with van der Waals surface area (Å²) in [5.41, 5.74) is 1.86. The zero-order chi connectivity index (χ0) is 26.8. The van der Waals surface area contributed by atoms with Crippen molar-refractivity contribution in [1.29, 1.82) is 0 Å². The van der Waals surface area contributed by atoms with Gasteiger partial charge in [0.05, 0.1) is 33.5 Å². The molecule has 1 spiro atoms. The highest BCUT2D eigenvalue weighted by Crippen LogP contribution is 2.64. The fourth-order valence-electron chi connectivity index (χ4n) is 8.02. The van der Waals surface area contributed by atoms with Gasteiger partial charge in [0, 0.05) is 24.7 Å². The lowest BCUT2D eigenvalue weighted by Crippen LogP contribution is -2.78. The van der Waals surface area contributed by atoms with Gasteiger partial charge in [-0.05, 0) is 67.5 Å². The largest absolute Gasteiger partial charge is 0.487 e. The van der Waals surface area contributed by atoms with E-state index in [0.29, 0.717) is 35.3 Å². The number of carbonyl (C=O) groups excluding carboxylic acids is 1. The van der Waals surface area contributed by atoms with Gasteiger partial charge in [-0.15, -0.1) is 6.58 Å². The van der Waals surface area contributed by atoms with Crippen LogP contribution in [-0.4, -0.2) is 64.2 Å². The average Bonchev–Trinajstić information content (AvgIpc) is 3.21.